The summed E-state index contributed by atoms with van der Waals surface area (Å²) in [6.45, 7) is 0.934. The highest BCUT2D eigenvalue weighted by Crippen LogP contribution is 2.35. The van der Waals surface area contributed by atoms with E-state index in [1.165, 1.54) is 12.8 Å². The van der Waals surface area contributed by atoms with Gasteiger partial charge < -0.3 is 10.3 Å². The Labute approximate surface area is 150 Å². The van der Waals surface area contributed by atoms with E-state index in [2.05, 4.69) is 38.6 Å². The predicted octanol–water partition coefficient (Wildman–Crippen LogP) is 3.75. The molecule has 2 N–H and O–H groups in total. The molecule has 0 radical (unpaired) electrons. The summed E-state index contributed by atoms with van der Waals surface area (Å²) < 4.78 is 1.79. The zero-order valence-corrected chi connectivity index (χ0v) is 14.5. The number of anilines is 1. The summed E-state index contributed by atoms with van der Waals surface area (Å²) in [5, 5.41) is 9.77. The van der Waals surface area contributed by atoms with Crippen molar-refractivity contribution < 1.29 is 4.79 Å². The molecule has 0 saturated heterocycles. The maximum absolute atomic E-state index is 11.5. The summed E-state index contributed by atoms with van der Waals surface area (Å²) >= 11 is 0. The fourth-order valence-electron chi connectivity index (χ4n) is 3.46. The zero-order valence-electron chi connectivity index (χ0n) is 14.5. The minimum absolute atomic E-state index is 0.580. The second kappa shape index (κ2) is 5.69. The topological polar surface area (TPSA) is 75.6 Å². The molecule has 0 aliphatic heterocycles. The summed E-state index contributed by atoms with van der Waals surface area (Å²) in [7, 11) is 1.91. The standard InChI is InChI=1S/C20H19N5O/c1-25-10-14(9-23-25)13-4-5-16-17(6-13)24-19-15(11-26)8-22-20(18(16)19)21-7-12-2-3-12/h4-6,8-12,24H,2-3,7H2,1H3,(H,21,22). The van der Waals surface area contributed by atoms with E-state index in [4.69, 9.17) is 0 Å². The summed E-state index contributed by atoms with van der Waals surface area (Å²) in [4.78, 5) is 19.4. The molecule has 1 aliphatic rings. The normalized spacial score (nSPS) is 14.2. The van der Waals surface area contributed by atoms with Crippen LogP contribution in [0.2, 0.25) is 0 Å². The Balaban J connectivity index is 1.68. The molecule has 0 bridgehead atoms. The van der Waals surface area contributed by atoms with Gasteiger partial charge in [-0.2, -0.15) is 5.10 Å². The Hall–Kier alpha value is -3.15. The van der Waals surface area contributed by atoms with Crippen molar-refractivity contribution in [1.29, 1.82) is 0 Å². The molecule has 0 unspecified atom stereocenters. The third-order valence-electron chi connectivity index (χ3n) is 5.08. The van der Waals surface area contributed by atoms with Crippen molar-refractivity contribution in [1.82, 2.24) is 19.7 Å². The number of carbonyl (C=O) groups is 1. The summed E-state index contributed by atoms with van der Waals surface area (Å²) in [5.74, 6) is 1.60. The predicted molar refractivity (Wildman–Crippen MR) is 102 cm³/mol. The Morgan fingerprint density at radius 2 is 2.19 bits per heavy atom. The maximum Gasteiger partial charge on any atom is 0.153 e. The van der Waals surface area contributed by atoms with Gasteiger partial charge in [0.1, 0.15) is 5.82 Å². The number of aromatic nitrogens is 4. The van der Waals surface area contributed by atoms with Crippen LogP contribution < -0.4 is 5.32 Å². The summed E-state index contributed by atoms with van der Waals surface area (Å²) in [6, 6.07) is 6.28. The summed E-state index contributed by atoms with van der Waals surface area (Å²) in [6.07, 6.45) is 8.91. The number of fused-ring (bicyclic) bond motifs is 3. The van der Waals surface area contributed by atoms with E-state index >= 15 is 0 Å². The first-order valence-corrected chi connectivity index (χ1v) is 8.85. The molecule has 3 heterocycles. The van der Waals surface area contributed by atoms with Crippen molar-refractivity contribution in [2.24, 2.45) is 13.0 Å². The van der Waals surface area contributed by atoms with E-state index in [-0.39, 0.29) is 0 Å². The molecule has 3 aromatic heterocycles. The van der Waals surface area contributed by atoms with Crippen molar-refractivity contribution >= 4 is 33.9 Å². The van der Waals surface area contributed by atoms with Gasteiger partial charge in [0, 0.05) is 42.5 Å². The molecular weight excluding hydrogens is 326 g/mol. The Morgan fingerprint density at radius 3 is 2.92 bits per heavy atom. The highest BCUT2D eigenvalue weighted by atomic mass is 16.1. The minimum atomic E-state index is 0.580. The largest absolute Gasteiger partial charge is 0.369 e. The average molecular weight is 345 g/mol. The average Bonchev–Trinajstić information content (AvgIpc) is 3.26. The van der Waals surface area contributed by atoms with Gasteiger partial charge in [-0.05, 0) is 30.4 Å². The number of aryl methyl sites for hydroxylation is 1. The van der Waals surface area contributed by atoms with E-state index in [1.807, 2.05) is 19.4 Å². The van der Waals surface area contributed by atoms with Crippen LogP contribution >= 0.6 is 0 Å². The fourth-order valence-corrected chi connectivity index (χ4v) is 3.46. The number of pyridine rings is 1. The number of rotatable bonds is 5. The molecule has 130 valence electrons. The van der Waals surface area contributed by atoms with Gasteiger partial charge in [0.2, 0.25) is 0 Å². The van der Waals surface area contributed by atoms with Crippen LogP contribution in [0.4, 0.5) is 5.82 Å². The lowest BCUT2D eigenvalue weighted by Gasteiger charge is -2.07. The highest BCUT2D eigenvalue weighted by Gasteiger charge is 2.22. The van der Waals surface area contributed by atoms with Gasteiger partial charge in [-0.3, -0.25) is 9.48 Å². The number of hydrogen-bond donors (Lipinski definition) is 2. The number of aromatic amines is 1. The molecular formula is C20H19N5O. The van der Waals surface area contributed by atoms with E-state index < -0.39 is 0 Å². The van der Waals surface area contributed by atoms with Crippen LogP contribution in [-0.4, -0.2) is 32.6 Å². The van der Waals surface area contributed by atoms with Crippen LogP contribution in [-0.2, 0) is 7.05 Å². The maximum atomic E-state index is 11.5. The quantitative estimate of drug-likeness (QED) is 0.540. The van der Waals surface area contributed by atoms with Gasteiger partial charge in [0.25, 0.3) is 0 Å². The van der Waals surface area contributed by atoms with Crippen LogP contribution in [0.25, 0.3) is 32.9 Å². The smallest absolute Gasteiger partial charge is 0.153 e. The Morgan fingerprint density at radius 1 is 1.31 bits per heavy atom. The number of H-pyrrole nitrogens is 1. The number of hydrogen-bond acceptors (Lipinski definition) is 4. The SMILES string of the molecule is Cn1cc(-c2ccc3c(c2)[nH]c2c(C=O)cnc(NCC4CC4)c23)cn1. The van der Waals surface area contributed by atoms with Crippen molar-refractivity contribution in [2.75, 3.05) is 11.9 Å². The molecule has 1 aromatic carbocycles. The molecule has 6 nitrogen and oxygen atoms in total. The van der Waals surface area contributed by atoms with E-state index in [9.17, 15) is 4.79 Å². The number of benzene rings is 1. The molecule has 0 amide bonds. The minimum Gasteiger partial charge on any atom is -0.369 e. The molecule has 1 aliphatic carbocycles. The molecule has 4 aromatic rings. The molecule has 1 saturated carbocycles. The number of nitrogens with zero attached hydrogens (tertiary/aromatic N) is 3. The molecule has 5 rings (SSSR count). The lowest BCUT2D eigenvalue weighted by molar-refractivity contribution is 0.112. The van der Waals surface area contributed by atoms with Gasteiger partial charge in [0.15, 0.2) is 6.29 Å². The van der Waals surface area contributed by atoms with Crippen molar-refractivity contribution in [3.8, 4) is 11.1 Å². The molecule has 1 fully saturated rings. The Bertz CT molecular complexity index is 1140. The highest BCUT2D eigenvalue weighted by molar-refractivity contribution is 6.16. The third-order valence-corrected chi connectivity index (χ3v) is 5.08. The van der Waals surface area contributed by atoms with Crippen LogP contribution in [0.5, 0.6) is 0 Å². The zero-order chi connectivity index (χ0) is 17.7. The Kier molecular flexibility index (Phi) is 3.31. The second-order valence-corrected chi connectivity index (χ2v) is 7.04. The van der Waals surface area contributed by atoms with Gasteiger partial charge in [0.05, 0.1) is 22.7 Å². The van der Waals surface area contributed by atoms with Crippen LogP contribution in [0.15, 0.2) is 36.8 Å². The lowest BCUT2D eigenvalue weighted by atomic mass is 10.1. The lowest BCUT2D eigenvalue weighted by Crippen LogP contribution is -2.05. The van der Waals surface area contributed by atoms with Crippen molar-refractivity contribution in [2.45, 2.75) is 12.8 Å². The van der Waals surface area contributed by atoms with Gasteiger partial charge in [-0.1, -0.05) is 12.1 Å². The molecule has 0 atom stereocenters. The van der Waals surface area contributed by atoms with Gasteiger partial charge in [-0.25, -0.2) is 4.98 Å². The van der Waals surface area contributed by atoms with Crippen LogP contribution in [0.3, 0.4) is 0 Å². The van der Waals surface area contributed by atoms with E-state index in [0.29, 0.717) is 5.56 Å². The fraction of sp³-hybridized carbons (Fsp3) is 0.250. The molecule has 0 spiro atoms. The molecule has 6 heteroatoms. The third kappa shape index (κ3) is 2.45. The second-order valence-electron chi connectivity index (χ2n) is 7.04. The van der Waals surface area contributed by atoms with Crippen LogP contribution in [0.1, 0.15) is 23.2 Å². The molecule has 26 heavy (non-hydrogen) atoms. The first-order chi connectivity index (χ1) is 12.7. The van der Waals surface area contributed by atoms with E-state index in [0.717, 1.165) is 57.5 Å². The van der Waals surface area contributed by atoms with Gasteiger partial charge in [-0.15, -0.1) is 0 Å². The summed E-state index contributed by atoms with van der Waals surface area (Å²) in [5.41, 5.74) is 4.56. The number of carbonyl (C=O) groups excluding carboxylic acids is 1. The van der Waals surface area contributed by atoms with E-state index in [1.54, 1.807) is 10.9 Å². The first kappa shape index (κ1) is 15.1. The van der Waals surface area contributed by atoms with Crippen molar-refractivity contribution in [3.05, 3.63) is 42.4 Å². The van der Waals surface area contributed by atoms with Crippen LogP contribution in [0, 0.1) is 5.92 Å². The number of nitrogens with one attached hydrogen (secondary N) is 2. The monoisotopic (exact) mass is 345 g/mol. The van der Waals surface area contributed by atoms with Crippen molar-refractivity contribution in [3.63, 3.8) is 0 Å². The number of aldehydes is 1. The first-order valence-electron chi connectivity index (χ1n) is 8.85. The van der Waals surface area contributed by atoms with Gasteiger partial charge >= 0.3 is 0 Å².